The Morgan fingerprint density at radius 1 is 1.02 bits per heavy atom. The molecule has 1 unspecified atom stereocenters. The summed E-state index contributed by atoms with van der Waals surface area (Å²) in [6, 6.07) is 2.96. The minimum absolute atomic E-state index is 0.0978. The van der Waals surface area contributed by atoms with Crippen LogP contribution in [-0.2, 0) is 14.3 Å². The van der Waals surface area contributed by atoms with Gasteiger partial charge in [0.1, 0.15) is 39.9 Å². The van der Waals surface area contributed by atoms with Gasteiger partial charge in [-0.05, 0) is 88.0 Å². The van der Waals surface area contributed by atoms with Crippen LogP contribution in [-0.4, -0.2) is 47.1 Å². The van der Waals surface area contributed by atoms with Crippen molar-refractivity contribution in [3.63, 3.8) is 0 Å². The Morgan fingerprint density at radius 3 is 2.57 bits per heavy atom. The summed E-state index contributed by atoms with van der Waals surface area (Å²) < 4.78 is 25.2. The average Bonchev–Trinajstić information content (AvgIpc) is 3.48. The second kappa shape index (κ2) is 11.3. The number of dihydropyridines is 2. The number of fused-ring (bicyclic) bond motifs is 4. The Bertz CT molecular complexity index is 1920. The molecular formula is C38H46N4O7. The van der Waals surface area contributed by atoms with Crippen molar-refractivity contribution in [1.29, 1.82) is 0 Å². The quantitative estimate of drug-likeness (QED) is 0.226. The molecule has 2 saturated heterocycles. The van der Waals surface area contributed by atoms with Crippen LogP contribution in [0.5, 0.6) is 11.5 Å². The number of aromatic hydroxyl groups is 1. The topological polar surface area (TPSA) is 175 Å². The molecule has 7 N–H and O–H groups in total. The molecule has 2 aromatic rings. The molecule has 3 fully saturated rings. The van der Waals surface area contributed by atoms with Crippen molar-refractivity contribution in [3.8, 4) is 11.5 Å². The van der Waals surface area contributed by atoms with Crippen LogP contribution in [0.3, 0.4) is 0 Å². The third kappa shape index (κ3) is 5.28. The van der Waals surface area contributed by atoms with Gasteiger partial charge in [0.05, 0.1) is 23.8 Å². The first-order chi connectivity index (χ1) is 23.4. The number of aryl methyl sites for hydroxylation is 1. The van der Waals surface area contributed by atoms with E-state index in [-0.39, 0.29) is 51.6 Å². The summed E-state index contributed by atoms with van der Waals surface area (Å²) >= 11 is 0. The number of allylic oxidation sites excluding steroid dienone is 2. The van der Waals surface area contributed by atoms with Crippen LogP contribution in [0, 0.1) is 12.3 Å². The lowest BCUT2D eigenvalue weighted by Gasteiger charge is -2.44. The predicted octanol–water partition coefficient (Wildman–Crippen LogP) is 4.66. The van der Waals surface area contributed by atoms with Crippen LogP contribution in [0.1, 0.15) is 88.9 Å². The Hall–Kier alpha value is -4.38. The number of carbonyl (C=O) groups excluding carboxylic acids is 1. The van der Waals surface area contributed by atoms with Gasteiger partial charge in [0, 0.05) is 30.2 Å². The molecule has 1 aromatic carbocycles. The molecule has 260 valence electrons. The van der Waals surface area contributed by atoms with Crippen molar-refractivity contribution in [1.82, 2.24) is 10.6 Å². The van der Waals surface area contributed by atoms with Gasteiger partial charge in [-0.2, -0.15) is 0 Å². The first-order valence-electron chi connectivity index (χ1n) is 17.6. The standard InChI is InChI=1S/C38H46N4O7/c1-20-14-25(43)32-26(46-20)18-27-31(33(32)44)23-8-4-5-12-38(35(45)47-34(23)36(2,3)48-27)28(49-38)19-37(10-6-7-11-37)22-16-24(42-30(40)17-22)21-9-13-41-29(39)15-21/h9,14-18,23-24,28,34,41-42,44H,4-8,10-13,19,39-40H2,1-3H3/t23-,24?,28-,34-,38+/m1/s1. The number of hydrogen-bond acceptors (Lipinski definition) is 11. The molecule has 5 aliphatic heterocycles. The number of carbonyl (C=O) groups is 1. The molecule has 11 nitrogen and oxygen atoms in total. The summed E-state index contributed by atoms with van der Waals surface area (Å²) in [5, 5.41) is 18.2. The highest BCUT2D eigenvalue weighted by molar-refractivity contribution is 5.88. The van der Waals surface area contributed by atoms with Gasteiger partial charge in [0.15, 0.2) is 11.0 Å². The van der Waals surface area contributed by atoms with Gasteiger partial charge in [0.2, 0.25) is 0 Å². The average molecular weight is 671 g/mol. The van der Waals surface area contributed by atoms with Crippen LogP contribution < -0.4 is 32.3 Å². The lowest BCUT2D eigenvalue weighted by atomic mass is 9.71. The molecule has 5 atom stereocenters. The third-order valence-electron chi connectivity index (χ3n) is 11.7. The van der Waals surface area contributed by atoms with Gasteiger partial charge in [-0.1, -0.05) is 31.4 Å². The molecule has 1 spiro atoms. The maximum Gasteiger partial charge on any atom is 0.341 e. The number of esters is 1. The molecule has 0 amide bonds. The van der Waals surface area contributed by atoms with Gasteiger partial charge in [-0.15, -0.1) is 0 Å². The van der Waals surface area contributed by atoms with Crippen LogP contribution in [0.4, 0.5) is 0 Å². The maximum atomic E-state index is 14.3. The molecule has 1 aromatic heterocycles. The molecule has 0 bridgehead atoms. The van der Waals surface area contributed by atoms with Crippen molar-refractivity contribution in [2.75, 3.05) is 6.54 Å². The van der Waals surface area contributed by atoms with E-state index in [4.69, 9.17) is 30.1 Å². The highest BCUT2D eigenvalue weighted by Crippen LogP contribution is 2.58. The Balaban J connectivity index is 1.09. The molecular weight excluding hydrogens is 624 g/mol. The summed E-state index contributed by atoms with van der Waals surface area (Å²) in [4.78, 5) is 27.3. The number of benzene rings is 1. The van der Waals surface area contributed by atoms with E-state index in [2.05, 4.69) is 28.9 Å². The first kappa shape index (κ1) is 31.9. The largest absolute Gasteiger partial charge is 0.507 e. The monoisotopic (exact) mass is 670 g/mol. The fraction of sp³-hybridized carbons (Fsp3) is 0.526. The minimum atomic E-state index is -1.04. The highest BCUT2D eigenvalue weighted by Gasteiger charge is 2.66. The van der Waals surface area contributed by atoms with E-state index in [9.17, 15) is 14.7 Å². The fourth-order valence-corrected chi connectivity index (χ4v) is 9.23. The molecule has 0 radical (unpaired) electrons. The normalized spacial score (nSPS) is 31.5. The van der Waals surface area contributed by atoms with E-state index >= 15 is 0 Å². The van der Waals surface area contributed by atoms with Gasteiger partial charge in [0.25, 0.3) is 0 Å². The fourth-order valence-electron chi connectivity index (χ4n) is 9.23. The maximum absolute atomic E-state index is 14.3. The number of phenols is 1. The lowest BCUT2D eigenvalue weighted by Crippen LogP contribution is -2.52. The zero-order chi connectivity index (χ0) is 34.3. The summed E-state index contributed by atoms with van der Waals surface area (Å²) in [6.45, 7) is 6.15. The van der Waals surface area contributed by atoms with Crippen LogP contribution in [0.2, 0.25) is 0 Å². The summed E-state index contributed by atoms with van der Waals surface area (Å²) in [5.41, 5.74) is 13.1. The summed E-state index contributed by atoms with van der Waals surface area (Å²) in [6.07, 6.45) is 15.0. The van der Waals surface area contributed by atoms with E-state index in [0.717, 1.165) is 44.1 Å². The van der Waals surface area contributed by atoms with Gasteiger partial charge in [-0.3, -0.25) is 4.79 Å². The van der Waals surface area contributed by atoms with Crippen molar-refractivity contribution in [2.24, 2.45) is 16.9 Å². The van der Waals surface area contributed by atoms with E-state index in [0.29, 0.717) is 54.5 Å². The van der Waals surface area contributed by atoms with Gasteiger partial charge in [-0.25, -0.2) is 4.79 Å². The molecule has 8 rings (SSSR count). The first-order valence-corrected chi connectivity index (χ1v) is 17.6. The zero-order valence-electron chi connectivity index (χ0n) is 28.4. The second-order valence-electron chi connectivity index (χ2n) is 15.3. The van der Waals surface area contributed by atoms with Crippen LogP contribution in [0.25, 0.3) is 11.0 Å². The number of epoxide rings is 1. The lowest BCUT2D eigenvalue weighted by molar-refractivity contribution is -0.170. The van der Waals surface area contributed by atoms with Gasteiger partial charge >= 0.3 is 5.97 Å². The van der Waals surface area contributed by atoms with Crippen LogP contribution >= 0.6 is 0 Å². The number of hydrogen-bond donors (Lipinski definition) is 5. The van der Waals surface area contributed by atoms with Crippen molar-refractivity contribution < 1.29 is 28.5 Å². The van der Waals surface area contributed by atoms with Crippen molar-refractivity contribution >= 4 is 16.9 Å². The number of phenolic OH excluding ortho intramolecular Hbond substituents is 1. The third-order valence-corrected chi connectivity index (χ3v) is 11.7. The molecule has 6 heterocycles. The van der Waals surface area contributed by atoms with Crippen molar-refractivity contribution in [3.05, 3.63) is 80.8 Å². The molecule has 6 aliphatic rings. The molecule has 1 saturated carbocycles. The Kier molecular flexibility index (Phi) is 7.37. The van der Waals surface area contributed by atoms with E-state index in [1.165, 1.54) is 11.6 Å². The number of rotatable bonds is 4. The number of nitrogens with two attached hydrogens (primary N) is 2. The summed E-state index contributed by atoms with van der Waals surface area (Å²) in [7, 11) is 0. The number of ether oxygens (including phenoxy) is 3. The van der Waals surface area contributed by atoms with Crippen molar-refractivity contribution in [2.45, 2.75) is 114 Å². The zero-order valence-corrected chi connectivity index (χ0v) is 28.4. The molecule has 11 heteroatoms. The number of nitrogens with one attached hydrogen (secondary N) is 2. The SMILES string of the molecule is Cc1cc(=O)c2c(O)c3c(cc2o1)OC(C)(C)[C@@H]1OC(=O)[C@@]2(CCCC[C@H]31)O[C@@H]2CC1(C2=CC(C3=CCNC(N)=C3)NC(N)=C2)CCCC1. The summed E-state index contributed by atoms with van der Waals surface area (Å²) in [5.74, 6) is 1.21. The smallest absolute Gasteiger partial charge is 0.341 e. The Morgan fingerprint density at radius 2 is 1.80 bits per heavy atom. The van der Waals surface area contributed by atoms with E-state index < -0.39 is 17.3 Å². The van der Waals surface area contributed by atoms with Gasteiger partial charge < -0.3 is 45.8 Å². The molecule has 49 heavy (non-hydrogen) atoms. The second-order valence-corrected chi connectivity index (χ2v) is 15.3. The molecule has 1 aliphatic carbocycles. The van der Waals surface area contributed by atoms with Crippen LogP contribution in [0.15, 0.2) is 68.4 Å². The van der Waals surface area contributed by atoms with E-state index in [1.54, 1.807) is 13.0 Å². The Labute approximate surface area is 285 Å². The van der Waals surface area contributed by atoms with E-state index in [1.807, 2.05) is 19.9 Å². The highest BCUT2D eigenvalue weighted by atomic mass is 16.7. The predicted molar refractivity (Wildman–Crippen MR) is 183 cm³/mol. The minimum Gasteiger partial charge on any atom is -0.507 e.